The van der Waals surface area contributed by atoms with Gasteiger partial charge in [-0.15, -0.1) is 0 Å². The number of carboxylic acid groups (broad SMARTS) is 1. The summed E-state index contributed by atoms with van der Waals surface area (Å²) in [6.07, 6.45) is 2.02. The molecule has 10 heteroatoms. The largest absolute Gasteiger partial charge is 0.478 e. The number of nitrogens with zero attached hydrogens (tertiary/aromatic N) is 3. The molecule has 32 heavy (non-hydrogen) atoms. The highest BCUT2D eigenvalue weighted by atomic mass is 16.6. The van der Waals surface area contributed by atoms with Gasteiger partial charge in [0.25, 0.3) is 0 Å². The second-order valence-electron chi connectivity index (χ2n) is 8.59. The molecule has 0 radical (unpaired) electrons. The number of anilines is 1. The van der Waals surface area contributed by atoms with Crippen LogP contribution in [0.15, 0.2) is 36.5 Å². The summed E-state index contributed by atoms with van der Waals surface area (Å²) in [4.78, 5) is 29.4. The van der Waals surface area contributed by atoms with Crippen molar-refractivity contribution in [2.45, 2.75) is 38.8 Å². The highest BCUT2D eigenvalue weighted by molar-refractivity contribution is 5.93. The van der Waals surface area contributed by atoms with Crippen molar-refractivity contribution < 1.29 is 24.2 Å². The molecule has 3 heterocycles. The second-order valence-corrected chi connectivity index (χ2v) is 8.59. The van der Waals surface area contributed by atoms with Crippen molar-refractivity contribution in [2.75, 3.05) is 18.4 Å². The molecule has 2 aromatic heterocycles. The fourth-order valence-electron chi connectivity index (χ4n) is 3.47. The lowest BCUT2D eigenvalue weighted by Crippen LogP contribution is -2.36. The van der Waals surface area contributed by atoms with Gasteiger partial charge in [-0.05, 0) is 51.5 Å². The third-order valence-electron chi connectivity index (χ3n) is 4.93. The number of aromatic carboxylic acids is 1. The molecular weight excluding hydrogens is 414 g/mol. The van der Waals surface area contributed by atoms with Gasteiger partial charge in [-0.1, -0.05) is 0 Å². The first-order valence-electron chi connectivity index (χ1n) is 10.3. The van der Waals surface area contributed by atoms with E-state index in [4.69, 9.17) is 14.6 Å². The molecule has 3 N–H and O–H groups in total. The number of hydrogen-bond donors (Lipinski definition) is 3. The van der Waals surface area contributed by atoms with Crippen LogP contribution in [-0.4, -0.2) is 62.0 Å². The van der Waals surface area contributed by atoms with E-state index in [2.05, 4.69) is 20.5 Å². The number of H-pyrrole nitrogens is 1. The molecule has 3 aromatic rings. The van der Waals surface area contributed by atoms with Crippen LogP contribution in [0, 0.1) is 0 Å². The number of aromatic amines is 1. The third kappa shape index (κ3) is 4.74. The zero-order valence-electron chi connectivity index (χ0n) is 18.1. The van der Waals surface area contributed by atoms with Crippen molar-refractivity contribution >= 4 is 28.9 Å². The van der Waals surface area contributed by atoms with Gasteiger partial charge in [-0.25, -0.2) is 14.6 Å². The molecule has 168 valence electrons. The summed E-state index contributed by atoms with van der Waals surface area (Å²) in [6, 6.07) is 7.87. The van der Waals surface area contributed by atoms with Gasteiger partial charge in [0.1, 0.15) is 22.5 Å². The van der Waals surface area contributed by atoms with Crippen LogP contribution in [-0.2, 0) is 4.74 Å². The van der Waals surface area contributed by atoms with E-state index in [1.54, 1.807) is 29.3 Å². The van der Waals surface area contributed by atoms with E-state index in [0.717, 1.165) is 6.42 Å². The van der Waals surface area contributed by atoms with Crippen LogP contribution < -0.4 is 10.1 Å². The predicted molar refractivity (Wildman–Crippen MR) is 117 cm³/mol. The van der Waals surface area contributed by atoms with E-state index in [0.29, 0.717) is 41.4 Å². The Labute approximate surface area is 184 Å². The number of pyridine rings is 1. The molecule has 1 aromatic carbocycles. The number of carboxylic acids is 1. The zero-order valence-corrected chi connectivity index (χ0v) is 18.1. The van der Waals surface area contributed by atoms with Crippen LogP contribution >= 0.6 is 0 Å². The molecule has 1 fully saturated rings. The van der Waals surface area contributed by atoms with Gasteiger partial charge in [0.15, 0.2) is 11.5 Å². The lowest BCUT2D eigenvalue weighted by atomic mass is 10.2. The first-order chi connectivity index (χ1) is 15.2. The number of rotatable bonds is 5. The van der Waals surface area contributed by atoms with Gasteiger partial charge >= 0.3 is 12.1 Å². The third-order valence-corrected chi connectivity index (χ3v) is 4.93. The predicted octanol–water partition coefficient (Wildman–Crippen LogP) is 3.87. The topological polar surface area (TPSA) is 130 Å². The highest BCUT2D eigenvalue weighted by Gasteiger charge is 2.30. The molecule has 1 atom stereocenters. The second kappa shape index (κ2) is 8.37. The molecule has 4 rings (SSSR count). The first-order valence-corrected chi connectivity index (χ1v) is 10.3. The smallest absolute Gasteiger partial charge is 0.410 e. The number of hydrogen-bond acceptors (Lipinski definition) is 7. The van der Waals surface area contributed by atoms with Crippen molar-refractivity contribution in [3.05, 3.63) is 42.1 Å². The van der Waals surface area contributed by atoms with Crippen LogP contribution in [0.1, 0.15) is 37.6 Å². The number of fused-ring (bicyclic) bond motifs is 1. The Balaban J connectivity index is 1.50. The normalized spacial score (nSPS) is 16.2. The maximum atomic E-state index is 12.3. The fourth-order valence-corrected chi connectivity index (χ4v) is 3.47. The number of carbonyl (C=O) groups is 2. The molecule has 0 saturated carbocycles. The summed E-state index contributed by atoms with van der Waals surface area (Å²) in [5.74, 6) is 0.588. The van der Waals surface area contributed by atoms with E-state index < -0.39 is 11.6 Å². The minimum absolute atomic E-state index is 0.00285. The summed E-state index contributed by atoms with van der Waals surface area (Å²) in [5, 5.41) is 20.3. The van der Waals surface area contributed by atoms with E-state index >= 15 is 0 Å². The van der Waals surface area contributed by atoms with Crippen LogP contribution in [0.5, 0.6) is 11.5 Å². The number of nitrogens with one attached hydrogen (secondary N) is 2. The molecule has 1 aliphatic rings. The Bertz CT molecular complexity index is 1140. The van der Waals surface area contributed by atoms with E-state index in [9.17, 15) is 9.59 Å². The summed E-state index contributed by atoms with van der Waals surface area (Å²) in [5.41, 5.74) is 0.189. The van der Waals surface area contributed by atoms with Gasteiger partial charge < -0.3 is 24.8 Å². The van der Waals surface area contributed by atoms with Crippen LogP contribution in [0.3, 0.4) is 0 Å². The monoisotopic (exact) mass is 439 g/mol. The highest BCUT2D eigenvalue weighted by Crippen LogP contribution is 2.33. The van der Waals surface area contributed by atoms with E-state index in [1.807, 2.05) is 20.8 Å². The summed E-state index contributed by atoms with van der Waals surface area (Å²) >= 11 is 0. The SMILES string of the molecule is CC(C)(C)OC(=O)N1CCC(Nc2n[nH]c3nccc(Oc4ccc(C(=O)O)cc4)c23)C1. The number of ether oxygens (including phenoxy) is 2. The van der Waals surface area contributed by atoms with Gasteiger partial charge in [0.05, 0.1) is 5.56 Å². The lowest BCUT2D eigenvalue weighted by Gasteiger charge is -2.24. The minimum Gasteiger partial charge on any atom is -0.478 e. The van der Waals surface area contributed by atoms with Crippen LogP contribution in [0.25, 0.3) is 11.0 Å². The Morgan fingerprint density at radius 3 is 2.66 bits per heavy atom. The molecule has 0 bridgehead atoms. The Hall–Kier alpha value is -3.82. The molecule has 1 amide bonds. The standard InChI is InChI=1S/C22H25N5O5/c1-22(2,3)32-21(30)27-11-9-14(12-27)24-19-17-16(8-10-23-18(17)25-26-19)31-15-6-4-13(5-7-15)20(28)29/h4-8,10,14H,9,11-12H2,1-3H3,(H,28,29)(H2,23,24,25,26). The zero-order chi connectivity index (χ0) is 22.9. The molecule has 1 saturated heterocycles. The summed E-state index contributed by atoms with van der Waals surface area (Å²) < 4.78 is 11.4. The van der Waals surface area contributed by atoms with Gasteiger partial charge in [-0.2, -0.15) is 5.10 Å². The molecular formula is C22H25N5O5. The molecule has 1 aliphatic heterocycles. The number of carbonyl (C=O) groups excluding carboxylic acids is 1. The van der Waals surface area contributed by atoms with Gasteiger partial charge in [-0.3, -0.25) is 5.10 Å². The number of aromatic nitrogens is 3. The molecule has 1 unspecified atom stereocenters. The van der Waals surface area contributed by atoms with E-state index in [-0.39, 0.29) is 17.7 Å². The van der Waals surface area contributed by atoms with E-state index in [1.165, 1.54) is 12.1 Å². The number of likely N-dealkylation sites (tertiary alicyclic amines) is 1. The first kappa shape index (κ1) is 21.4. The molecule has 10 nitrogen and oxygen atoms in total. The average molecular weight is 439 g/mol. The maximum absolute atomic E-state index is 12.3. The van der Waals surface area contributed by atoms with Crippen molar-refractivity contribution in [1.82, 2.24) is 20.1 Å². The number of amides is 1. The minimum atomic E-state index is -0.999. The van der Waals surface area contributed by atoms with Crippen molar-refractivity contribution in [3.63, 3.8) is 0 Å². The van der Waals surface area contributed by atoms with Crippen LogP contribution in [0.4, 0.5) is 10.6 Å². The average Bonchev–Trinajstić information content (AvgIpc) is 3.36. The summed E-state index contributed by atoms with van der Waals surface area (Å²) in [6.45, 7) is 6.62. The van der Waals surface area contributed by atoms with Crippen molar-refractivity contribution in [3.8, 4) is 11.5 Å². The van der Waals surface area contributed by atoms with Crippen LogP contribution in [0.2, 0.25) is 0 Å². The van der Waals surface area contributed by atoms with Crippen molar-refractivity contribution in [2.24, 2.45) is 0 Å². The molecule has 0 spiro atoms. The number of benzene rings is 1. The lowest BCUT2D eigenvalue weighted by molar-refractivity contribution is 0.0293. The fraction of sp³-hybridized carbons (Fsp3) is 0.364. The van der Waals surface area contributed by atoms with Gasteiger partial charge in [0.2, 0.25) is 0 Å². The Morgan fingerprint density at radius 1 is 1.22 bits per heavy atom. The Morgan fingerprint density at radius 2 is 1.97 bits per heavy atom. The summed E-state index contributed by atoms with van der Waals surface area (Å²) in [7, 11) is 0. The quantitative estimate of drug-likeness (QED) is 0.546. The van der Waals surface area contributed by atoms with Gasteiger partial charge in [0, 0.05) is 31.4 Å². The molecule has 0 aliphatic carbocycles. The maximum Gasteiger partial charge on any atom is 0.410 e. The Kier molecular flexibility index (Phi) is 5.60. The van der Waals surface area contributed by atoms with Crippen molar-refractivity contribution in [1.29, 1.82) is 0 Å².